The number of aromatic nitrogens is 1. The van der Waals surface area contributed by atoms with E-state index < -0.39 is 10.0 Å². The molecule has 1 aromatic carbocycles. The van der Waals surface area contributed by atoms with Gasteiger partial charge in [-0.15, -0.1) is 11.3 Å². The largest absolute Gasteiger partial charge is 0.491 e. The first-order chi connectivity index (χ1) is 15.0. The maximum Gasteiger partial charge on any atom is 0.271 e. The molecule has 31 heavy (non-hydrogen) atoms. The number of nitrogens with zero attached hydrogens (tertiary/aromatic N) is 3. The minimum Gasteiger partial charge on any atom is -0.491 e. The van der Waals surface area contributed by atoms with Crippen LogP contribution >= 0.6 is 11.3 Å². The van der Waals surface area contributed by atoms with E-state index in [0.717, 1.165) is 60.2 Å². The highest BCUT2D eigenvalue weighted by Crippen LogP contribution is 2.40. The topological polar surface area (TPSA) is 74.8 Å². The third-order valence-corrected chi connectivity index (χ3v) is 8.60. The van der Waals surface area contributed by atoms with Crippen LogP contribution in [0.5, 0.6) is 5.75 Å². The normalized spacial score (nSPS) is 16.7. The van der Waals surface area contributed by atoms with E-state index in [-0.39, 0.29) is 4.21 Å². The molecule has 0 atom stereocenters. The number of sulfonamides is 1. The molecule has 0 radical (unpaired) electrons. The lowest BCUT2D eigenvalue weighted by Crippen LogP contribution is -2.44. The van der Waals surface area contributed by atoms with Gasteiger partial charge in [0.15, 0.2) is 0 Å². The van der Waals surface area contributed by atoms with Crippen molar-refractivity contribution in [2.24, 2.45) is 0 Å². The van der Waals surface area contributed by atoms with Crippen molar-refractivity contribution >= 4 is 32.7 Å². The minimum atomic E-state index is -3.70. The Morgan fingerprint density at radius 1 is 1.10 bits per heavy atom. The van der Waals surface area contributed by atoms with Gasteiger partial charge in [-0.2, -0.15) is 0 Å². The van der Waals surface area contributed by atoms with Crippen molar-refractivity contribution in [3.63, 3.8) is 0 Å². The lowest BCUT2D eigenvalue weighted by Gasteiger charge is -2.35. The predicted molar refractivity (Wildman–Crippen MR) is 124 cm³/mol. The van der Waals surface area contributed by atoms with E-state index in [1.807, 2.05) is 30.3 Å². The van der Waals surface area contributed by atoms with Crippen molar-refractivity contribution in [2.75, 3.05) is 49.5 Å². The van der Waals surface area contributed by atoms with E-state index >= 15 is 0 Å². The van der Waals surface area contributed by atoms with Crippen molar-refractivity contribution in [3.05, 3.63) is 54.2 Å². The summed E-state index contributed by atoms with van der Waals surface area (Å²) < 4.78 is 35.2. The molecule has 0 unspecified atom stereocenters. The molecule has 2 aliphatic rings. The summed E-state index contributed by atoms with van der Waals surface area (Å²) in [5.41, 5.74) is 3.36. The number of fused-ring (bicyclic) bond motifs is 1. The Kier molecular flexibility index (Phi) is 5.33. The van der Waals surface area contributed by atoms with Crippen LogP contribution in [0, 0.1) is 0 Å². The summed E-state index contributed by atoms with van der Waals surface area (Å²) in [6, 6.07) is 12.8. The fraction of sp³-hybridized carbons (Fsp3) is 0.318. The molecular formula is C22H24N4O3S2. The fourth-order valence-corrected chi connectivity index (χ4v) is 6.27. The van der Waals surface area contributed by atoms with E-state index in [1.54, 1.807) is 18.3 Å². The lowest BCUT2D eigenvalue weighted by molar-refractivity contribution is 0.309. The highest BCUT2D eigenvalue weighted by atomic mass is 32.2. The number of thiophene rings is 1. The molecule has 0 spiro atoms. The average Bonchev–Trinajstić information content (AvgIpc) is 3.44. The Hall–Kier alpha value is -2.62. The SMILES string of the molecule is CN1CCN(c2cc(NS(=O)(=O)c3ccc(-c4ccccn4)s3)cc3c2OCC3)CC1. The molecule has 5 rings (SSSR count). The highest BCUT2D eigenvalue weighted by Gasteiger charge is 2.26. The fourth-order valence-electron chi connectivity index (χ4n) is 3.95. The summed E-state index contributed by atoms with van der Waals surface area (Å²) in [7, 11) is -1.59. The van der Waals surface area contributed by atoms with Gasteiger partial charge in [0.05, 0.1) is 28.6 Å². The first-order valence-electron chi connectivity index (χ1n) is 10.3. The Morgan fingerprint density at radius 3 is 2.71 bits per heavy atom. The van der Waals surface area contributed by atoms with Crippen LogP contribution in [0.1, 0.15) is 5.56 Å². The second-order valence-corrected chi connectivity index (χ2v) is 10.8. The van der Waals surface area contributed by atoms with E-state index in [2.05, 4.69) is 26.6 Å². The third kappa shape index (κ3) is 4.13. The number of piperazine rings is 1. The standard InChI is InChI=1S/C22H24N4O3S2/c1-25-9-11-26(12-10-25)19-15-17(14-16-7-13-29-22(16)19)24-31(27,28)21-6-5-20(30-21)18-4-2-3-8-23-18/h2-6,8,14-15,24H,7,9-13H2,1H3. The van der Waals surface area contributed by atoms with Crippen LogP contribution in [0.3, 0.4) is 0 Å². The molecule has 1 saturated heterocycles. The van der Waals surface area contributed by atoms with E-state index in [9.17, 15) is 8.42 Å². The van der Waals surface area contributed by atoms with Gasteiger partial charge in [-0.1, -0.05) is 6.07 Å². The van der Waals surface area contributed by atoms with E-state index in [1.165, 1.54) is 11.3 Å². The average molecular weight is 457 g/mol. The number of likely N-dealkylation sites (N-methyl/N-ethyl adjacent to an activating group) is 1. The number of nitrogens with one attached hydrogen (secondary N) is 1. The molecule has 0 saturated carbocycles. The molecule has 162 valence electrons. The van der Waals surface area contributed by atoms with Crippen molar-refractivity contribution in [2.45, 2.75) is 10.6 Å². The van der Waals surface area contributed by atoms with Crippen molar-refractivity contribution in [1.29, 1.82) is 0 Å². The summed E-state index contributed by atoms with van der Waals surface area (Å²) in [5, 5.41) is 0. The second kappa shape index (κ2) is 8.14. The van der Waals surface area contributed by atoms with Gasteiger partial charge in [0.2, 0.25) is 0 Å². The van der Waals surface area contributed by atoms with Gasteiger partial charge < -0.3 is 14.5 Å². The Balaban J connectivity index is 1.43. The quantitative estimate of drug-likeness (QED) is 0.635. The van der Waals surface area contributed by atoms with Gasteiger partial charge >= 0.3 is 0 Å². The van der Waals surface area contributed by atoms with Crippen molar-refractivity contribution in [3.8, 4) is 16.3 Å². The number of anilines is 2. The van der Waals surface area contributed by atoms with Crippen LogP contribution in [0.4, 0.5) is 11.4 Å². The monoisotopic (exact) mass is 456 g/mol. The Bertz CT molecular complexity index is 1190. The number of pyridine rings is 1. The van der Waals surface area contributed by atoms with E-state index in [0.29, 0.717) is 12.3 Å². The van der Waals surface area contributed by atoms with Crippen molar-refractivity contribution in [1.82, 2.24) is 9.88 Å². The van der Waals surface area contributed by atoms with Crippen LogP contribution in [-0.4, -0.2) is 58.1 Å². The molecular weight excluding hydrogens is 432 g/mol. The van der Waals surface area contributed by atoms with Crippen LogP contribution in [0.15, 0.2) is 52.9 Å². The number of benzene rings is 1. The summed E-state index contributed by atoms with van der Waals surface area (Å²) in [6.45, 7) is 4.35. The highest BCUT2D eigenvalue weighted by molar-refractivity contribution is 7.94. The molecule has 2 aliphatic heterocycles. The zero-order valence-electron chi connectivity index (χ0n) is 17.2. The summed E-state index contributed by atoms with van der Waals surface area (Å²) in [5.74, 6) is 0.890. The van der Waals surface area contributed by atoms with E-state index in [4.69, 9.17) is 4.74 Å². The summed E-state index contributed by atoms with van der Waals surface area (Å²) >= 11 is 1.22. The summed E-state index contributed by atoms with van der Waals surface area (Å²) in [4.78, 5) is 9.71. The third-order valence-electron chi connectivity index (χ3n) is 5.62. The van der Waals surface area contributed by atoms with Gasteiger partial charge in [0, 0.05) is 44.4 Å². The first kappa shape index (κ1) is 20.3. The number of ether oxygens (including phenoxy) is 1. The molecule has 0 amide bonds. The van der Waals surface area contributed by atoms with Gasteiger partial charge in [-0.25, -0.2) is 8.42 Å². The molecule has 2 aromatic heterocycles. The molecule has 0 bridgehead atoms. The van der Waals surface area contributed by atoms with Gasteiger partial charge in [-0.05, 0) is 43.4 Å². The van der Waals surface area contributed by atoms with Gasteiger partial charge in [0.1, 0.15) is 9.96 Å². The Morgan fingerprint density at radius 2 is 1.94 bits per heavy atom. The molecule has 0 aliphatic carbocycles. The summed E-state index contributed by atoms with van der Waals surface area (Å²) in [6.07, 6.45) is 2.49. The van der Waals surface area contributed by atoms with Crippen LogP contribution in [0.2, 0.25) is 0 Å². The molecule has 3 aromatic rings. The Labute approximate surface area is 186 Å². The predicted octanol–water partition coefficient (Wildman–Crippen LogP) is 3.30. The number of rotatable bonds is 5. The maximum atomic E-state index is 13.1. The molecule has 4 heterocycles. The van der Waals surface area contributed by atoms with Crippen LogP contribution < -0.4 is 14.4 Å². The number of hydrogen-bond donors (Lipinski definition) is 1. The smallest absolute Gasteiger partial charge is 0.271 e. The van der Waals surface area contributed by atoms with Gasteiger partial charge in [0.25, 0.3) is 10.0 Å². The van der Waals surface area contributed by atoms with Crippen molar-refractivity contribution < 1.29 is 13.2 Å². The van der Waals surface area contributed by atoms with Crippen LogP contribution in [0.25, 0.3) is 10.6 Å². The minimum absolute atomic E-state index is 0.269. The molecule has 1 N–H and O–H groups in total. The molecule has 9 heteroatoms. The van der Waals surface area contributed by atoms with Gasteiger partial charge in [-0.3, -0.25) is 9.71 Å². The maximum absolute atomic E-state index is 13.1. The van der Waals surface area contributed by atoms with Crippen LogP contribution in [-0.2, 0) is 16.4 Å². The molecule has 1 fully saturated rings. The second-order valence-electron chi connectivity index (χ2n) is 7.81. The lowest BCUT2D eigenvalue weighted by atomic mass is 10.1. The zero-order valence-corrected chi connectivity index (χ0v) is 18.9. The first-order valence-corrected chi connectivity index (χ1v) is 12.6. The zero-order chi connectivity index (χ0) is 21.4. The number of hydrogen-bond acceptors (Lipinski definition) is 7. The molecule has 7 nitrogen and oxygen atoms in total.